The number of para-hydroxylation sites is 1. The van der Waals surface area contributed by atoms with Crippen LogP contribution in [0.25, 0.3) is 0 Å². The fourth-order valence-electron chi connectivity index (χ4n) is 2.48. The third-order valence-corrected chi connectivity index (χ3v) is 3.53. The molecule has 25 heavy (non-hydrogen) atoms. The molecule has 1 aromatic carbocycles. The number of nitrogens with one attached hydrogen (secondary N) is 2. The van der Waals surface area contributed by atoms with Gasteiger partial charge >= 0.3 is 18.6 Å². The van der Waals surface area contributed by atoms with Crippen molar-refractivity contribution in [1.82, 2.24) is 10.6 Å². The summed E-state index contributed by atoms with van der Waals surface area (Å²) in [7, 11) is 1.45. The molecule has 0 unspecified atom stereocenters. The van der Waals surface area contributed by atoms with Crippen molar-refractivity contribution < 1.29 is 32.6 Å². The zero-order valence-corrected chi connectivity index (χ0v) is 13.5. The van der Waals surface area contributed by atoms with E-state index in [4.69, 9.17) is 9.47 Å². The third kappa shape index (κ3) is 4.66. The lowest BCUT2D eigenvalue weighted by Crippen LogP contribution is -2.51. The molecule has 0 spiro atoms. The molecule has 2 atom stereocenters. The Morgan fingerprint density at radius 3 is 2.72 bits per heavy atom. The average Bonchev–Trinajstić information content (AvgIpc) is 2.54. The highest BCUT2D eigenvalue weighted by molar-refractivity contribution is 5.85. The topological polar surface area (TPSA) is 85.9 Å². The number of rotatable bonds is 7. The number of halogens is 2. The van der Waals surface area contributed by atoms with Gasteiger partial charge in [0.25, 0.3) is 0 Å². The second kappa shape index (κ2) is 8.43. The smallest absolute Gasteiger partial charge is 0.387 e. The first-order chi connectivity index (χ1) is 11.9. The summed E-state index contributed by atoms with van der Waals surface area (Å²) >= 11 is 0. The standard InChI is InChI=1S/C16H18F2N2O5/c1-9-12(14(21)24-8-7-23-2)13(20-16(22)19-9)10-5-3-4-6-11(10)25-15(17)18/h3-6,12-13,15H,1,7-8H2,2H3,(H2,19,20,22)/t12-,13-/m1/s1. The molecule has 1 heterocycles. The molecule has 1 aromatic rings. The first-order valence-corrected chi connectivity index (χ1v) is 7.39. The van der Waals surface area contributed by atoms with Gasteiger partial charge in [0.15, 0.2) is 0 Å². The van der Waals surface area contributed by atoms with E-state index >= 15 is 0 Å². The SMILES string of the molecule is C=C1NC(=O)N[C@H](c2ccccc2OC(F)F)[C@@H]1C(=O)OCCOC. The highest BCUT2D eigenvalue weighted by Crippen LogP contribution is 2.35. The second-order valence-corrected chi connectivity index (χ2v) is 5.16. The highest BCUT2D eigenvalue weighted by atomic mass is 19.3. The van der Waals surface area contributed by atoms with E-state index in [1.165, 1.54) is 25.3 Å². The zero-order chi connectivity index (χ0) is 18.4. The summed E-state index contributed by atoms with van der Waals surface area (Å²) in [6, 6.07) is 4.32. The lowest BCUT2D eigenvalue weighted by atomic mass is 9.88. The molecule has 2 N–H and O–H groups in total. The molecule has 136 valence electrons. The number of ether oxygens (including phenoxy) is 3. The van der Waals surface area contributed by atoms with E-state index < -0.39 is 30.6 Å². The van der Waals surface area contributed by atoms with Gasteiger partial charge in [0, 0.05) is 18.4 Å². The van der Waals surface area contributed by atoms with Crippen LogP contribution in [-0.2, 0) is 14.3 Å². The minimum Gasteiger partial charge on any atom is -0.463 e. The number of methoxy groups -OCH3 is 1. The van der Waals surface area contributed by atoms with Crippen LogP contribution in [0.2, 0.25) is 0 Å². The van der Waals surface area contributed by atoms with Crippen LogP contribution in [0.1, 0.15) is 11.6 Å². The Morgan fingerprint density at radius 1 is 1.32 bits per heavy atom. The summed E-state index contributed by atoms with van der Waals surface area (Å²) < 4.78 is 39.7. The molecule has 0 radical (unpaired) electrons. The number of alkyl halides is 2. The van der Waals surface area contributed by atoms with Crippen molar-refractivity contribution in [2.45, 2.75) is 12.7 Å². The van der Waals surface area contributed by atoms with Crippen LogP contribution in [0, 0.1) is 5.92 Å². The molecule has 0 bridgehead atoms. The van der Waals surface area contributed by atoms with E-state index in [1.54, 1.807) is 6.07 Å². The van der Waals surface area contributed by atoms with Crippen molar-refractivity contribution in [1.29, 1.82) is 0 Å². The van der Waals surface area contributed by atoms with Crippen LogP contribution in [0.15, 0.2) is 36.5 Å². The molecule has 0 aromatic heterocycles. The monoisotopic (exact) mass is 356 g/mol. The highest BCUT2D eigenvalue weighted by Gasteiger charge is 2.40. The van der Waals surface area contributed by atoms with Crippen molar-refractivity contribution in [2.75, 3.05) is 20.3 Å². The summed E-state index contributed by atoms with van der Waals surface area (Å²) in [5.74, 6) is -1.84. The van der Waals surface area contributed by atoms with Crippen LogP contribution < -0.4 is 15.4 Å². The largest absolute Gasteiger partial charge is 0.463 e. The van der Waals surface area contributed by atoms with Crippen LogP contribution in [0.5, 0.6) is 5.75 Å². The van der Waals surface area contributed by atoms with Crippen LogP contribution in [0.3, 0.4) is 0 Å². The van der Waals surface area contributed by atoms with Gasteiger partial charge in [-0.2, -0.15) is 8.78 Å². The van der Waals surface area contributed by atoms with Gasteiger partial charge in [-0.05, 0) is 6.07 Å². The zero-order valence-electron chi connectivity index (χ0n) is 13.5. The molecule has 1 aliphatic heterocycles. The van der Waals surface area contributed by atoms with E-state index in [-0.39, 0.29) is 30.2 Å². The number of hydrogen-bond acceptors (Lipinski definition) is 5. The van der Waals surface area contributed by atoms with Crippen LogP contribution >= 0.6 is 0 Å². The van der Waals surface area contributed by atoms with Gasteiger partial charge < -0.3 is 24.8 Å². The Morgan fingerprint density at radius 2 is 2.04 bits per heavy atom. The minimum atomic E-state index is -3.05. The van der Waals surface area contributed by atoms with Crippen LogP contribution in [-0.4, -0.2) is 38.9 Å². The Hall–Kier alpha value is -2.68. The van der Waals surface area contributed by atoms with Gasteiger partial charge in [0.05, 0.1) is 12.6 Å². The van der Waals surface area contributed by atoms with Gasteiger partial charge in [0.2, 0.25) is 0 Å². The molecule has 0 saturated carbocycles. The summed E-state index contributed by atoms with van der Waals surface area (Å²) in [5, 5.41) is 4.93. The molecule has 7 nitrogen and oxygen atoms in total. The molecule has 9 heteroatoms. The molecule has 1 fully saturated rings. The number of carbonyl (C=O) groups is 2. The van der Waals surface area contributed by atoms with Crippen molar-refractivity contribution in [3.8, 4) is 5.75 Å². The molecule has 0 aliphatic carbocycles. The predicted octanol–water partition coefficient (Wildman–Crippen LogP) is 1.96. The lowest BCUT2D eigenvalue weighted by Gasteiger charge is -2.33. The van der Waals surface area contributed by atoms with Crippen molar-refractivity contribution in [3.05, 3.63) is 42.1 Å². The summed E-state index contributed by atoms with van der Waals surface area (Å²) in [6.45, 7) is 0.825. The second-order valence-electron chi connectivity index (χ2n) is 5.16. The minimum absolute atomic E-state index is 0.00889. The average molecular weight is 356 g/mol. The summed E-state index contributed by atoms with van der Waals surface area (Å²) in [4.78, 5) is 24.2. The number of hydrogen-bond donors (Lipinski definition) is 2. The van der Waals surface area contributed by atoms with Crippen molar-refractivity contribution >= 4 is 12.0 Å². The van der Waals surface area contributed by atoms with Crippen LogP contribution in [0.4, 0.5) is 13.6 Å². The Balaban J connectivity index is 2.32. The molecule has 2 rings (SSSR count). The maximum absolute atomic E-state index is 12.6. The van der Waals surface area contributed by atoms with Gasteiger partial charge in [0.1, 0.15) is 18.3 Å². The Bertz CT molecular complexity index is 653. The Labute approximate surface area is 142 Å². The third-order valence-electron chi connectivity index (χ3n) is 3.53. The molecule has 2 amide bonds. The lowest BCUT2D eigenvalue weighted by molar-refractivity contribution is -0.149. The quantitative estimate of drug-likeness (QED) is 0.576. The summed E-state index contributed by atoms with van der Waals surface area (Å²) in [6.07, 6.45) is 0. The van der Waals surface area contributed by atoms with E-state index in [1.807, 2.05) is 0 Å². The van der Waals surface area contributed by atoms with Crippen molar-refractivity contribution in [2.24, 2.45) is 5.92 Å². The fraction of sp³-hybridized carbons (Fsp3) is 0.375. The molecule has 1 saturated heterocycles. The van der Waals surface area contributed by atoms with Gasteiger partial charge in [-0.15, -0.1) is 0 Å². The van der Waals surface area contributed by atoms with Gasteiger partial charge in [-0.3, -0.25) is 4.79 Å². The molecular formula is C16H18F2N2O5. The number of benzene rings is 1. The molecular weight excluding hydrogens is 338 g/mol. The predicted molar refractivity (Wildman–Crippen MR) is 82.9 cm³/mol. The number of urea groups is 1. The summed E-state index contributed by atoms with van der Waals surface area (Å²) in [5.41, 5.74) is 0.315. The van der Waals surface area contributed by atoms with E-state index in [2.05, 4.69) is 21.9 Å². The Kier molecular flexibility index (Phi) is 6.29. The maximum atomic E-state index is 12.6. The number of amides is 2. The van der Waals surface area contributed by atoms with Gasteiger partial charge in [-0.1, -0.05) is 24.8 Å². The van der Waals surface area contributed by atoms with Crippen molar-refractivity contribution in [3.63, 3.8) is 0 Å². The fourth-order valence-corrected chi connectivity index (χ4v) is 2.48. The molecule has 1 aliphatic rings. The normalized spacial score (nSPS) is 20.0. The number of esters is 1. The van der Waals surface area contributed by atoms with E-state index in [9.17, 15) is 18.4 Å². The maximum Gasteiger partial charge on any atom is 0.387 e. The first kappa shape index (κ1) is 18.7. The number of carbonyl (C=O) groups excluding carboxylic acids is 2. The van der Waals surface area contributed by atoms with E-state index in [0.29, 0.717) is 0 Å². The first-order valence-electron chi connectivity index (χ1n) is 7.39. The van der Waals surface area contributed by atoms with Gasteiger partial charge in [-0.25, -0.2) is 4.79 Å². The van der Waals surface area contributed by atoms with E-state index in [0.717, 1.165) is 0 Å².